The minimum absolute atomic E-state index is 0.606. The molecule has 4 heteroatoms. The number of ether oxygens (including phenoxy) is 1. The first-order valence-corrected chi connectivity index (χ1v) is 9.13. The van der Waals surface area contributed by atoms with E-state index in [9.17, 15) is 0 Å². The molecule has 2 atom stereocenters. The third-order valence-corrected chi connectivity index (χ3v) is 5.64. The Morgan fingerprint density at radius 1 is 1.12 bits per heavy atom. The summed E-state index contributed by atoms with van der Waals surface area (Å²) in [5, 5.41) is 1.25. The van der Waals surface area contributed by atoms with E-state index in [-0.39, 0.29) is 0 Å². The van der Waals surface area contributed by atoms with E-state index >= 15 is 0 Å². The Bertz CT molecular complexity index is 711. The van der Waals surface area contributed by atoms with Gasteiger partial charge < -0.3 is 4.74 Å². The Kier molecular flexibility index (Phi) is 4.53. The Labute approximate surface area is 144 Å². The normalized spacial score (nSPS) is 26.2. The number of fused-ring (bicyclic) bond motifs is 1. The molecule has 2 saturated heterocycles. The standard InChI is InChI=1S/C20H27N3O/c1-15-3-5-18-13-17(4-6-19(18)21-15)14-23-8-7-20(16(23)2)22-9-11-24-12-10-22/h3-6,13,16,20H,7-12,14H2,1-2H3/t16-,20-/m1/s1. The quantitative estimate of drug-likeness (QED) is 0.868. The summed E-state index contributed by atoms with van der Waals surface area (Å²) in [4.78, 5) is 9.86. The van der Waals surface area contributed by atoms with E-state index in [1.54, 1.807) is 0 Å². The monoisotopic (exact) mass is 325 g/mol. The third-order valence-electron chi connectivity index (χ3n) is 5.64. The molecule has 3 heterocycles. The van der Waals surface area contributed by atoms with Gasteiger partial charge in [-0.1, -0.05) is 12.1 Å². The van der Waals surface area contributed by atoms with Crippen LogP contribution in [0.4, 0.5) is 0 Å². The number of nitrogens with zero attached hydrogens (tertiary/aromatic N) is 3. The number of likely N-dealkylation sites (tertiary alicyclic amines) is 1. The fourth-order valence-electron chi connectivity index (χ4n) is 4.22. The Balaban J connectivity index is 1.46. The van der Waals surface area contributed by atoms with Crippen molar-refractivity contribution in [3.05, 3.63) is 41.6 Å². The van der Waals surface area contributed by atoms with Gasteiger partial charge in [0.25, 0.3) is 0 Å². The van der Waals surface area contributed by atoms with Gasteiger partial charge in [0.15, 0.2) is 0 Å². The molecule has 0 N–H and O–H groups in total. The number of pyridine rings is 1. The van der Waals surface area contributed by atoms with Gasteiger partial charge in [0, 0.05) is 49.3 Å². The van der Waals surface area contributed by atoms with Crippen molar-refractivity contribution < 1.29 is 4.74 Å². The fourth-order valence-corrected chi connectivity index (χ4v) is 4.22. The van der Waals surface area contributed by atoms with Gasteiger partial charge in [-0.2, -0.15) is 0 Å². The molecule has 0 aliphatic carbocycles. The molecule has 2 fully saturated rings. The second-order valence-electron chi connectivity index (χ2n) is 7.20. The van der Waals surface area contributed by atoms with Crippen molar-refractivity contribution in [2.75, 3.05) is 32.8 Å². The maximum atomic E-state index is 5.51. The van der Waals surface area contributed by atoms with E-state index in [0.29, 0.717) is 12.1 Å². The molecule has 4 nitrogen and oxygen atoms in total. The smallest absolute Gasteiger partial charge is 0.0705 e. The lowest BCUT2D eigenvalue weighted by Gasteiger charge is -2.36. The number of hydrogen-bond donors (Lipinski definition) is 0. The van der Waals surface area contributed by atoms with E-state index in [1.165, 1.54) is 23.9 Å². The number of aromatic nitrogens is 1. The fraction of sp³-hybridized carbons (Fsp3) is 0.550. The van der Waals surface area contributed by atoms with E-state index in [2.05, 4.69) is 52.0 Å². The number of rotatable bonds is 3. The van der Waals surface area contributed by atoms with Crippen LogP contribution in [0.25, 0.3) is 10.9 Å². The van der Waals surface area contributed by atoms with E-state index in [0.717, 1.165) is 44.1 Å². The van der Waals surface area contributed by atoms with Crippen LogP contribution >= 0.6 is 0 Å². The van der Waals surface area contributed by atoms with Crippen molar-refractivity contribution in [3.63, 3.8) is 0 Å². The van der Waals surface area contributed by atoms with E-state index in [4.69, 9.17) is 4.74 Å². The van der Waals surface area contributed by atoms with Crippen LogP contribution in [-0.4, -0.2) is 59.7 Å². The molecule has 128 valence electrons. The van der Waals surface area contributed by atoms with Gasteiger partial charge in [-0.3, -0.25) is 14.8 Å². The molecular weight excluding hydrogens is 298 g/mol. The van der Waals surface area contributed by atoms with Crippen molar-refractivity contribution in [2.45, 2.75) is 38.9 Å². The van der Waals surface area contributed by atoms with Gasteiger partial charge in [-0.25, -0.2) is 0 Å². The van der Waals surface area contributed by atoms with Gasteiger partial charge in [0.1, 0.15) is 0 Å². The van der Waals surface area contributed by atoms with Crippen LogP contribution in [0, 0.1) is 6.92 Å². The topological polar surface area (TPSA) is 28.6 Å². The average Bonchev–Trinajstić information content (AvgIpc) is 2.96. The zero-order chi connectivity index (χ0) is 16.5. The molecule has 2 aliphatic rings. The minimum atomic E-state index is 0.606. The summed E-state index contributed by atoms with van der Waals surface area (Å²) in [6, 6.07) is 12.3. The summed E-state index contributed by atoms with van der Waals surface area (Å²) in [5.41, 5.74) is 3.57. The summed E-state index contributed by atoms with van der Waals surface area (Å²) in [6.07, 6.45) is 1.27. The summed E-state index contributed by atoms with van der Waals surface area (Å²) >= 11 is 0. The molecule has 1 aromatic heterocycles. The molecule has 0 spiro atoms. The summed E-state index contributed by atoms with van der Waals surface area (Å²) in [7, 11) is 0. The number of morpholine rings is 1. The summed E-state index contributed by atoms with van der Waals surface area (Å²) in [5.74, 6) is 0. The molecule has 1 aromatic carbocycles. The number of aryl methyl sites for hydroxylation is 1. The van der Waals surface area contributed by atoms with Crippen LogP contribution in [0.1, 0.15) is 24.6 Å². The Morgan fingerprint density at radius 2 is 1.96 bits per heavy atom. The van der Waals surface area contributed by atoms with Crippen LogP contribution in [0.5, 0.6) is 0 Å². The second-order valence-corrected chi connectivity index (χ2v) is 7.20. The lowest BCUT2D eigenvalue weighted by Crippen LogP contribution is -2.48. The number of hydrogen-bond acceptors (Lipinski definition) is 4. The molecule has 0 radical (unpaired) electrons. The first-order chi connectivity index (χ1) is 11.7. The maximum Gasteiger partial charge on any atom is 0.0705 e. The molecule has 0 unspecified atom stereocenters. The van der Waals surface area contributed by atoms with Gasteiger partial charge in [-0.05, 0) is 44.0 Å². The first-order valence-electron chi connectivity index (χ1n) is 9.13. The van der Waals surface area contributed by atoms with Gasteiger partial charge in [-0.15, -0.1) is 0 Å². The van der Waals surface area contributed by atoms with Gasteiger partial charge >= 0.3 is 0 Å². The summed E-state index contributed by atoms with van der Waals surface area (Å²) in [6.45, 7) is 10.6. The molecule has 2 aromatic rings. The van der Waals surface area contributed by atoms with Crippen molar-refractivity contribution in [2.24, 2.45) is 0 Å². The SMILES string of the molecule is Cc1ccc2cc(CN3CC[C@@H](N4CCOCC4)[C@H]3C)ccc2n1. The lowest BCUT2D eigenvalue weighted by molar-refractivity contribution is 0.00984. The zero-order valence-electron chi connectivity index (χ0n) is 14.7. The lowest BCUT2D eigenvalue weighted by atomic mass is 10.1. The van der Waals surface area contributed by atoms with Crippen molar-refractivity contribution >= 4 is 10.9 Å². The van der Waals surface area contributed by atoms with E-state index in [1.807, 2.05) is 6.92 Å². The second kappa shape index (κ2) is 6.79. The summed E-state index contributed by atoms with van der Waals surface area (Å²) < 4.78 is 5.51. The molecule has 24 heavy (non-hydrogen) atoms. The maximum absolute atomic E-state index is 5.51. The Hall–Kier alpha value is -1.49. The highest BCUT2D eigenvalue weighted by Crippen LogP contribution is 2.26. The highest BCUT2D eigenvalue weighted by Gasteiger charge is 2.35. The molecule has 0 amide bonds. The van der Waals surface area contributed by atoms with Crippen molar-refractivity contribution in [1.29, 1.82) is 0 Å². The molecule has 4 rings (SSSR count). The third kappa shape index (κ3) is 3.18. The average molecular weight is 325 g/mol. The first kappa shape index (κ1) is 16.0. The zero-order valence-corrected chi connectivity index (χ0v) is 14.7. The largest absolute Gasteiger partial charge is 0.379 e. The highest BCUT2D eigenvalue weighted by molar-refractivity contribution is 5.79. The van der Waals surface area contributed by atoms with Gasteiger partial charge in [0.2, 0.25) is 0 Å². The predicted octanol–water partition coefficient (Wildman–Crippen LogP) is 2.84. The molecule has 0 saturated carbocycles. The Morgan fingerprint density at radius 3 is 2.79 bits per heavy atom. The molecule has 2 aliphatic heterocycles. The van der Waals surface area contributed by atoms with Crippen LogP contribution in [0.2, 0.25) is 0 Å². The highest BCUT2D eigenvalue weighted by atomic mass is 16.5. The molecule has 0 bridgehead atoms. The molecular formula is C20H27N3O. The van der Waals surface area contributed by atoms with Crippen LogP contribution in [-0.2, 0) is 11.3 Å². The van der Waals surface area contributed by atoms with E-state index < -0.39 is 0 Å². The van der Waals surface area contributed by atoms with Crippen LogP contribution < -0.4 is 0 Å². The predicted molar refractivity (Wildman–Crippen MR) is 97.1 cm³/mol. The minimum Gasteiger partial charge on any atom is -0.379 e. The van der Waals surface area contributed by atoms with Crippen LogP contribution in [0.15, 0.2) is 30.3 Å². The van der Waals surface area contributed by atoms with Crippen molar-refractivity contribution in [3.8, 4) is 0 Å². The van der Waals surface area contributed by atoms with Crippen LogP contribution in [0.3, 0.4) is 0 Å². The number of benzene rings is 1. The van der Waals surface area contributed by atoms with Crippen molar-refractivity contribution in [1.82, 2.24) is 14.8 Å². The van der Waals surface area contributed by atoms with Gasteiger partial charge in [0.05, 0.1) is 18.7 Å².